The Morgan fingerprint density at radius 2 is 1.63 bits per heavy atom. The number of aromatic nitrogens is 2. The van der Waals surface area contributed by atoms with E-state index in [9.17, 15) is 22.0 Å². The maximum atomic E-state index is 13.9. The van der Waals surface area contributed by atoms with Crippen molar-refractivity contribution in [1.29, 1.82) is 0 Å². The minimum atomic E-state index is -0.992. The van der Waals surface area contributed by atoms with E-state index in [-0.39, 0.29) is 30.0 Å². The molecule has 3 nitrogen and oxygen atoms in total. The van der Waals surface area contributed by atoms with E-state index in [0.29, 0.717) is 23.5 Å². The molecule has 0 atom stereocenters. The Bertz CT molecular complexity index is 1010. The number of nitrogens with one attached hydrogen (secondary N) is 1. The number of benzene rings is 2. The number of H-pyrrole nitrogens is 1. The van der Waals surface area contributed by atoms with E-state index in [1.54, 1.807) is 17.2 Å². The summed E-state index contributed by atoms with van der Waals surface area (Å²) in [6.07, 6.45) is 3.16. The number of halogens is 5. The fraction of sp³-hybridized carbons (Fsp3) is 0.105. The highest BCUT2D eigenvalue weighted by molar-refractivity contribution is 5.62. The third-order valence-corrected chi connectivity index (χ3v) is 4.28. The number of hydrogen-bond acceptors (Lipinski definition) is 2. The Morgan fingerprint density at radius 1 is 0.963 bits per heavy atom. The van der Waals surface area contributed by atoms with Crippen LogP contribution < -0.4 is 0 Å². The van der Waals surface area contributed by atoms with Gasteiger partial charge < -0.3 is 9.88 Å². The first-order valence-electron chi connectivity index (χ1n) is 8.01. The number of rotatable bonds is 3. The summed E-state index contributed by atoms with van der Waals surface area (Å²) in [5, 5.41) is 0. The van der Waals surface area contributed by atoms with Gasteiger partial charge in [-0.3, -0.25) is 0 Å². The zero-order valence-corrected chi connectivity index (χ0v) is 13.7. The molecule has 0 bridgehead atoms. The van der Waals surface area contributed by atoms with Crippen molar-refractivity contribution in [2.24, 2.45) is 0 Å². The SMILES string of the molecule is Fc1cc(F)c(CN2C=Cc3[nH]c(-c4c(F)cccc4F)nc3C2)c(F)c1. The molecule has 1 aliphatic heterocycles. The van der Waals surface area contributed by atoms with Crippen LogP contribution in [0.1, 0.15) is 17.0 Å². The molecule has 1 aliphatic rings. The summed E-state index contributed by atoms with van der Waals surface area (Å²) in [7, 11) is 0. The van der Waals surface area contributed by atoms with Crippen molar-refractivity contribution >= 4 is 6.08 Å². The first-order chi connectivity index (χ1) is 12.9. The van der Waals surface area contributed by atoms with Gasteiger partial charge >= 0.3 is 0 Å². The summed E-state index contributed by atoms with van der Waals surface area (Å²) < 4.78 is 68.6. The summed E-state index contributed by atoms with van der Waals surface area (Å²) in [5.74, 6) is -4.43. The van der Waals surface area contributed by atoms with Crippen molar-refractivity contribution in [1.82, 2.24) is 14.9 Å². The molecular formula is C19H12F5N3. The number of aromatic amines is 1. The molecule has 1 aromatic heterocycles. The van der Waals surface area contributed by atoms with E-state index in [1.807, 2.05) is 0 Å². The van der Waals surface area contributed by atoms with Crippen LogP contribution in [0.3, 0.4) is 0 Å². The van der Waals surface area contributed by atoms with Crippen LogP contribution in [0.5, 0.6) is 0 Å². The van der Waals surface area contributed by atoms with Crippen LogP contribution >= 0.6 is 0 Å². The highest BCUT2D eigenvalue weighted by atomic mass is 19.2. The van der Waals surface area contributed by atoms with Crippen LogP contribution in [-0.4, -0.2) is 14.9 Å². The second-order valence-corrected chi connectivity index (χ2v) is 6.11. The molecule has 0 aliphatic carbocycles. The molecule has 138 valence electrons. The van der Waals surface area contributed by atoms with Crippen LogP contribution in [0.15, 0.2) is 36.5 Å². The summed E-state index contributed by atoms with van der Waals surface area (Å²) in [5.41, 5.74) is 0.463. The Morgan fingerprint density at radius 3 is 2.30 bits per heavy atom. The van der Waals surface area contributed by atoms with Gasteiger partial charge in [-0.05, 0) is 18.2 Å². The van der Waals surface area contributed by atoms with Gasteiger partial charge in [0.15, 0.2) is 0 Å². The summed E-state index contributed by atoms with van der Waals surface area (Å²) in [6, 6.07) is 4.74. The lowest BCUT2D eigenvalue weighted by molar-refractivity contribution is 0.339. The van der Waals surface area contributed by atoms with Crippen LogP contribution in [-0.2, 0) is 13.1 Å². The molecule has 27 heavy (non-hydrogen) atoms. The Balaban J connectivity index is 1.61. The quantitative estimate of drug-likeness (QED) is 0.668. The first-order valence-corrected chi connectivity index (χ1v) is 8.01. The second kappa shape index (κ2) is 6.53. The second-order valence-electron chi connectivity index (χ2n) is 6.11. The van der Waals surface area contributed by atoms with Gasteiger partial charge in [0.1, 0.15) is 34.9 Å². The highest BCUT2D eigenvalue weighted by Crippen LogP contribution is 2.28. The summed E-state index contributed by atoms with van der Waals surface area (Å²) in [4.78, 5) is 8.62. The number of hydrogen-bond donors (Lipinski definition) is 1. The lowest BCUT2D eigenvalue weighted by atomic mass is 10.1. The predicted molar refractivity (Wildman–Crippen MR) is 88.5 cm³/mol. The van der Waals surface area contributed by atoms with E-state index >= 15 is 0 Å². The van der Waals surface area contributed by atoms with E-state index < -0.39 is 29.1 Å². The van der Waals surface area contributed by atoms with Crippen LogP contribution in [0.4, 0.5) is 22.0 Å². The molecule has 1 N–H and O–H groups in total. The number of nitrogens with zero attached hydrogens (tertiary/aromatic N) is 2. The van der Waals surface area contributed by atoms with Gasteiger partial charge in [-0.2, -0.15) is 0 Å². The van der Waals surface area contributed by atoms with Gasteiger partial charge in [0.25, 0.3) is 0 Å². The minimum absolute atomic E-state index is 0.0289. The predicted octanol–water partition coefficient (Wildman–Crippen LogP) is 4.76. The van der Waals surface area contributed by atoms with Crippen LogP contribution in [0.2, 0.25) is 0 Å². The molecule has 2 heterocycles. The molecule has 8 heteroatoms. The lowest BCUT2D eigenvalue weighted by Gasteiger charge is -2.23. The zero-order chi connectivity index (χ0) is 19.1. The van der Waals surface area contributed by atoms with Crippen molar-refractivity contribution in [3.63, 3.8) is 0 Å². The van der Waals surface area contributed by atoms with Crippen LogP contribution in [0.25, 0.3) is 17.5 Å². The molecule has 4 rings (SSSR count). The maximum absolute atomic E-state index is 13.9. The molecular weight excluding hydrogens is 365 g/mol. The Hall–Kier alpha value is -3.16. The zero-order valence-electron chi connectivity index (χ0n) is 13.7. The minimum Gasteiger partial charge on any atom is -0.367 e. The van der Waals surface area contributed by atoms with E-state index in [2.05, 4.69) is 9.97 Å². The summed E-state index contributed by atoms with van der Waals surface area (Å²) in [6.45, 7) is 0.0127. The van der Waals surface area contributed by atoms with E-state index in [1.165, 1.54) is 6.07 Å². The number of fused-ring (bicyclic) bond motifs is 1. The Kier molecular flexibility index (Phi) is 4.18. The van der Waals surface area contributed by atoms with E-state index in [4.69, 9.17) is 0 Å². The first kappa shape index (κ1) is 17.3. The molecule has 0 fully saturated rings. The molecule has 0 spiro atoms. The fourth-order valence-electron chi connectivity index (χ4n) is 2.98. The average Bonchev–Trinajstić information content (AvgIpc) is 3.00. The Labute approximate surface area is 150 Å². The maximum Gasteiger partial charge on any atom is 0.144 e. The average molecular weight is 377 g/mol. The van der Waals surface area contributed by atoms with E-state index in [0.717, 1.165) is 12.1 Å². The van der Waals surface area contributed by atoms with Gasteiger partial charge in [-0.25, -0.2) is 26.9 Å². The molecule has 2 aromatic carbocycles. The van der Waals surface area contributed by atoms with Crippen molar-refractivity contribution in [2.75, 3.05) is 0 Å². The van der Waals surface area contributed by atoms with Crippen molar-refractivity contribution in [2.45, 2.75) is 13.1 Å². The van der Waals surface area contributed by atoms with Gasteiger partial charge in [-0.15, -0.1) is 0 Å². The third-order valence-electron chi connectivity index (χ3n) is 4.28. The topological polar surface area (TPSA) is 31.9 Å². The van der Waals surface area contributed by atoms with Crippen molar-refractivity contribution < 1.29 is 22.0 Å². The fourth-order valence-corrected chi connectivity index (χ4v) is 2.98. The molecule has 0 unspecified atom stereocenters. The molecule has 0 saturated heterocycles. The molecule has 3 aromatic rings. The molecule has 0 saturated carbocycles. The highest BCUT2D eigenvalue weighted by Gasteiger charge is 2.22. The summed E-state index contributed by atoms with van der Waals surface area (Å²) >= 11 is 0. The third kappa shape index (κ3) is 3.18. The van der Waals surface area contributed by atoms with Crippen molar-refractivity contribution in [3.8, 4) is 11.4 Å². The molecule has 0 amide bonds. The smallest absolute Gasteiger partial charge is 0.144 e. The molecule has 0 radical (unpaired) electrons. The van der Waals surface area contributed by atoms with Gasteiger partial charge in [0, 0.05) is 30.4 Å². The van der Waals surface area contributed by atoms with Crippen molar-refractivity contribution in [3.05, 3.63) is 82.6 Å². The number of imidazole rings is 1. The normalized spacial score (nSPS) is 13.1. The van der Waals surface area contributed by atoms with Gasteiger partial charge in [-0.1, -0.05) is 6.07 Å². The van der Waals surface area contributed by atoms with Gasteiger partial charge in [0.05, 0.1) is 23.5 Å². The van der Waals surface area contributed by atoms with Crippen LogP contribution in [0, 0.1) is 29.1 Å². The van der Waals surface area contributed by atoms with Gasteiger partial charge in [0.2, 0.25) is 0 Å². The monoisotopic (exact) mass is 377 g/mol. The lowest BCUT2D eigenvalue weighted by Crippen LogP contribution is -2.21. The largest absolute Gasteiger partial charge is 0.367 e. The standard InChI is InChI=1S/C19H12F5N3/c20-10-6-14(23)11(15(24)7-10)8-27-5-4-16-17(9-27)26-19(25-16)18-12(21)2-1-3-13(18)22/h1-7H,8-9H2,(H,25,26).